The second-order valence-electron chi connectivity index (χ2n) is 7.21. The van der Waals surface area contributed by atoms with Gasteiger partial charge in [-0.1, -0.05) is 39.0 Å². The van der Waals surface area contributed by atoms with Crippen LogP contribution in [0.25, 0.3) is 0 Å². The zero-order valence-electron chi connectivity index (χ0n) is 13.9. The molecule has 2 aliphatic rings. The quantitative estimate of drug-likeness (QED) is 0.734. The summed E-state index contributed by atoms with van der Waals surface area (Å²) < 4.78 is 0. The topological polar surface area (TPSA) is 15.3 Å². The molecule has 0 aromatic carbocycles. The third-order valence-corrected chi connectivity index (χ3v) is 5.50. The molecule has 3 unspecified atom stereocenters. The van der Waals surface area contributed by atoms with Gasteiger partial charge in [0.2, 0.25) is 0 Å². The normalized spacial score (nSPS) is 30.9. The summed E-state index contributed by atoms with van der Waals surface area (Å²) in [6, 6.07) is 1.52. The molecule has 118 valence electrons. The molecule has 0 aromatic heterocycles. The van der Waals surface area contributed by atoms with Gasteiger partial charge in [-0.25, -0.2) is 0 Å². The van der Waals surface area contributed by atoms with Crippen molar-refractivity contribution < 1.29 is 0 Å². The Labute approximate surface area is 126 Å². The van der Waals surface area contributed by atoms with Crippen molar-refractivity contribution in [3.8, 4) is 0 Å². The van der Waals surface area contributed by atoms with Crippen LogP contribution in [0.1, 0.15) is 78.1 Å². The van der Waals surface area contributed by atoms with Gasteiger partial charge in [-0.3, -0.25) is 4.90 Å². The predicted octanol–water partition coefficient (Wildman–Crippen LogP) is 4.20. The van der Waals surface area contributed by atoms with Gasteiger partial charge in [0.15, 0.2) is 0 Å². The Morgan fingerprint density at radius 3 is 2.55 bits per heavy atom. The van der Waals surface area contributed by atoms with E-state index in [-0.39, 0.29) is 0 Å². The fourth-order valence-corrected chi connectivity index (χ4v) is 4.10. The Morgan fingerprint density at radius 1 is 1.00 bits per heavy atom. The second kappa shape index (κ2) is 9.04. The van der Waals surface area contributed by atoms with E-state index in [1.165, 1.54) is 83.8 Å². The summed E-state index contributed by atoms with van der Waals surface area (Å²) in [4.78, 5) is 2.69. The average molecular weight is 280 g/mol. The van der Waals surface area contributed by atoms with E-state index in [0.717, 1.165) is 18.0 Å². The summed E-state index contributed by atoms with van der Waals surface area (Å²) in [5.41, 5.74) is 0. The maximum atomic E-state index is 3.88. The Kier molecular flexibility index (Phi) is 7.37. The summed E-state index contributed by atoms with van der Waals surface area (Å²) in [7, 11) is 0. The summed E-state index contributed by atoms with van der Waals surface area (Å²) in [5.74, 6) is 1.02. The molecule has 3 atom stereocenters. The van der Waals surface area contributed by atoms with Gasteiger partial charge in [0.05, 0.1) is 0 Å². The number of nitrogens with zero attached hydrogens (tertiary/aromatic N) is 1. The van der Waals surface area contributed by atoms with Gasteiger partial charge in [0.25, 0.3) is 0 Å². The van der Waals surface area contributed by atoms with Crippen LogP contribution in [0.15, 0.2) is 0 Å². The molecule has 0 spiro atoms. The van der Waals surface area contributed by atoms with Crippen LogP contribution in [0.5, 0.6) is 0 Å². The number of nitrogens with one attached hydrogen (secondary N) is 1. The highest BCUT2D eigenvalue weighted by Crippen LogP contribution is 2.26. The number of rotatable bonds is 6. The van der Waals surface area contributed by atoms with Gasteiger partial charge in [0, 0.05) is 18.6 Å². The van der Waals surface area contributed by atoms with Crippen LogP contribution in [-0.4, -0.2) is 36.6 Å². The van der Waals surface area contributed by atoms with Crippen molar-refractivity contribution in [1.29, 1.82) is 0 Å². The molecular weight excluding hydrogens is 244 g/mol. The highest BCUT2D eigenvalue weighted by molar-refractivity contribution is 4.79. The third kappa shape index (κ3) is 5.37. The van der Waals surface area contributed by atoms with E-state index in [1.54, 1.807) is 0 Å². The zero-order valence-corrected chi connectivity index (χ0v) is 13.9. The van der Waals surface area contributed by atoms with Crippen LogP contribution in [-0.2, 0) is 0 Å². The van der Waals surface area contributed by atoms with Crippen molar-refractivity contribution >= 4 is 0 Å². The minimum atomic E-state index is 0.727. The predicted molar refractivity (Wildman–Crippen MR) is 88.2 cm³/mol. The summed E-state index contributed by atoms with van der Waals surface area (Å²) in [6.45, 7) is 8.59. The standard InChI is InChI=1S/C18H36N2/c1-3-8-17-9-7-10-18(12-11-17)19-15-16(2)20-13-5-4-6-14-20/h16-19H,3-15H2,1-2H3. The number of likely N-dealkylation sites (tertiary alicyclic amines) is 1. The van der Waals surface area contributed by atoms with Crippen molar-refractivity contribution in [1.82, 2.24) is 10.2 Å². The number of piperidine rings is 1. The molecule has 1 aliphatic carbocycles. The minimum absolute atomic E-state index is 0.727. The highest BCUT2D eigenvalue weighted by Gasteiger charge is 2.20. The van der Waals surface area contributed by atoms with Crippen LogP contribution in [0.2, 0.25) is 0 Å². The SMILES string of the molecule is CCCC1CCCC(NCC(C)N2CCCCC2)CC1. The maximum absolute atomic E-state index is 3.88. The van der Waals surface area contributed by atoms with Crippen LogP contribution >= 0.6 is 0 Å². The first-order valence-electron chi connectivity index (χ1n) is 9.27. The van der Waals surface area contributed by atoms with Gasteiger partial charge in [-0.15, -0.1) is 0 Å². The van der Waals surface area contributed by atoms with Crippen molar-refractivity contribution in [2.24, 2.45) is 5.92 Å². The molecule has 0 radical (unpaired) electrons. The lowest BCUT2D eigenvalue weighted by molar-refractivity contribution is 0.167. The molecule has 20 heavy (non-hydrogen) atoms. The Hall–Kier alpha value is -0.0800. The van der Waals surface area contributed by atoms with E-state index in [2.05, 4.69) is 24.1 Å². The fourth-order valence-electron chi connectivity index (χ4n) is 4.10. The lowest BCUT2D eigenvalue weighted by atomic mass is 9.95. The number of hydrogen-bond donors (Lipinski definition) is 1. The van der Waals surface area contributed by atoms with Gasteiger partial charge in [-0.05, 0) is 58.0 Å². The van der Waals surface area contributed by atoms with Crippen molar-refractivity contribution in [2.45, 2.75) is 90.1 Å². The van der Waals surface area contributed by atoms with Crippen LogP contribution in [0.4, 0.5) is 0 Å². The summed E-state index contributed by atoms with van der Waals surface area (Å²) in [5, 5.41) is 3.88. The molecule has 2 nitrogen and oxygen atoms in total. The first kappa shape index (κ1) is 16.3. The average Bonchev–Trinajstić information content (AvgIpc) is 2.71. The smallest absolute Gasteiger partial charge is 0.0192 e. The van der Waals surface area contributed by atoms with E-state index >= 15 is 0 Å². The minimum Gasteiger partial charge on any atom is -0.312 e. The van der Waals surface area contributed by atoms with E-state index in [0.29, 0.717) is 0 Å². The lowest BCUT2D eigenvalue weighted by Crippen LogP contribution is -2.45. The van der Waals surface area contributed by atoms with Gasteiger partial charge in [-0.2, -0.15) is 0 Å². The van der Waals surface area contributed by atoms with Crippen LogP contribution in [0, 0.1) is 5.92 Å². The van der Waals surface area contributed by atoms with Gasteiger partial charge >= 0.3 is 0 Å². The molecule has 1 N–H and O–H groups in total. The largest absolute Gasteiger partial charge is 0.312 e. The Morgan fingerprint density at radius 2 is 1.80 bits per heavy atom. The molecule has 0 aromatic rings. The van der Waals surface area contributed by atoms with E-state index in [9.17, 15) is 0 Å². The zero-order chi connectivity index (χ0) is 14.2. The fraction of sp³-hybridized carbons (Fsp3) is 1.00. The second-order valence-corrected chi connectivity index (χ2v) is 7.21. The molecule has 2 rings (SSSR count). The molecule has 2 heteroatoms. The Bertz CT molecular complexity index is 248. The van der Waals surface area contributed by atoms with E-state index in [1.807, 2.05) is 0 Å². The van der Waals surface area contributed by atoms with Crippen LogP contribution in [0.3, 0.4) is 0 Å². The molecule has 2 fully saturated rings. The third-order valence-electron chi connectivity index (χ3n) is 5.50. The first-order chi connectivity index (χ1) is 9.79. The Balaban J connectivity index is 1.65. The van der Waals surface area contributed by atoms with Crippen molar-refractivity contribution in [3.63, 3.8) is 0 Å². The van der Waals surface area contributed by atoms with Gasteiger partial charge < -0.3 is 5.32 Å². The van der Waals surface area contributed by atoms with E-state index < -0.39 is 0 Å². The lowest BCUT2D eigenvalue weighted by Gasteiger charge is -2.33. The number of hydrogen-bond acceptors (Lipinski definition) is 2. The van der Waals surface area contributed by atoms with Crippen molar-refractivity contribution in [2.75, 3.05) is 19.6 Å². The molecule has 0 amide bonds. The molecule has 1 heterocycles. The van der Waals surface area contributed by atoms with Crippen LogP contribution < -0.4 is 5.32 Å². The molecule has 1 aliphatic heterocycles. The summed E-state index contributed by atoms with van der Waals surface area (Å²) >= 11 is 0. The molecule has 1 saturated carbocycles. The van der Waals surface area contributed by atoms with E-state index in [4.69, 9.17) is 0 Å². The highest BCUT2D eigenvalue weighted by atomic mass is 15.2. The van der Waals surface area contributed by atoms with Crippen molar-refractivity contribution in [3.05, 3.63) is 0 Å². The summed E-state index contributed by atoms with van der Waals surface area (Å²) in [6.07, 6.45) is 14.3. The monoisotopic (exact) mass is 280 g/mol. The molecule has 1 saturated heterocycles. The molecular formula is C18H36N2. The maximum Gasteiger partial charge on any atom is 0.0192 e. The molecule has 0 bridgehead atoms. The van der Waals surface area contributed by atoms with Gasteiger partial charge in [0.1, 0.15) is 0 Å². The first-order valence-corrected chi connectivity index (χ1v) is 9.27.